The van der Waals surface area contributed by atoms with Gasteiger partial charge in [-0.2, -0.15) is 0 Å². The molecule has 19 heavy (non-hydrogen) atoms. The highest BCUT2D eigenvalue weighted by Gasteiger charge is 2.47. The molecular formula is C16H30O3. The van der Waals surface area contributed by atoms with Crippen molar-refractivity contribution >= 4 is 0 Å². The zero-order valence-corrected chi connectivity index (χ0v) is 12.8. The maximum atomic E-state index is 10.7. The Morgan fingerprint density at radius 3 is 2.53 bits per heavy atom. The van der Waals surface area contributed by atoms with E-state index in [9.17, 15) is 10.2 Å². The van der Waals surface area contributed by atoms with Crippen molar-refractivity contribution in [1.29, 1.82) is 0 Å². The molecule has 0 radical (unpaired) electrons. The van der Waals surface area contributed by atoms with Crippen LogP contribution in [0, 0.1) is 11.8 Å². The van der Waals surface area contributed by atoms with Crippen molar-refractivity contribution in [3.8, 4) is 0 Å². The first-order chi connectivity index (χ1) is 8.74. The van der Waals surface area contributed by atoms with E-state index in [1.807, 2.05) is 33.8 Å². The summed E-state index contributed by atoms with van der Waals surface area (Å²) < 4.78 is 0. The molecule has 3 nitrogen and oxygen atoms in total. The van der Waals surface area contributed by atoms with Gasteiger partial charge in [-0.3, -0.25) is 0 Å². The fourth-order valence-corrected chi connectivity index (χ4v) is 3.28. The number of aliphatic hydroxyl groups excluding tert-OH is 1. The molecular weight excluding hydrogens is 240 g/mol. The van der Waals surface area contributed by atoms with Gasteiger partial charge in [-0.25, -0.2) is 0 Å². The highest BCUT2D eigenvalue weighted by Crippen LogP contribution is 2.46. The first-order valence-corrected chi connectivity index (χ1v) is 7.48. The minimum Gasteiger partial charge on any atom is -0.392 e. The molecule has 0 bridgehead atoms. The van der Waals surface area contributed by atoms with Crippen LogP contribution in [-0.4, -0.2) is 33.1 Å². The largest absolute Gasteiger partial charge is 0.392 e. The van der Waals surface area contributed by atoms with Gasteiger partial charge in [0.1, 0.15) is 0 Å². The van der Waals surface area contributed by atoms with Gasteiger partial charge in [-0.05, 0) is 63.4 Å². The summed E-state index contributed by atoms with van der Waals surface area (Å²) in [6.07, 6.45) is 6.00. The summed E-state index contributed by atoms with van der Waals surface area (Å²) in [4.78, 5) is 0. The Bertz CT molecular complexity index is 312. The SMILES string of the molecule is CC/C(=C/CC[C@@](C)(O)[C@@H]1CC[C@@](C)(O)[C@H]1C)CO. The maximum Gasteiger partial charge on any atom is 0.0654 e. The van der Waals surface area contributed by atoms with E-state index in [0.29, 0.717) is 6.42 Å². The topological polar surface area (TPSA) is 60.7 Å². The molecule has 3 heteroatoms. The molecule has 0 spiro atoms. The molecule has 3 N–H and O–H groups in total. The van der Waals surface area contributed by atoms with Gasteiger partial charge in [0.2, 0.25) is 0 Å². The summed E-state index contributed by atoms with van der Waals surface area (Å²) in [6.45, 7) is 7.92. The van der Waals surface area contributed by atoms with Crippen LogP contribution in [-0.2, 0) is 0 Å². The molecule has 0 aromatic rings. The van der Waals surface area contributed by atoms with Crippen molar-refractivity contribution in [3.63, 3.8) is 0 Å². The fourth-order valence-electron chi connectivity index (χ4n) is 3.28. The Balaban J connectivity index is 2.60. The van der Waals surface area contributed by atoms with Crippen molar-refractivity contribution in [1.82, 2.24) is 0 Å². The molecule has 0 unspecified atom stereocenters. The molecule has 0 aromatic heterocycles. The van der Waals surface area contributed by atoms with Gasteiger partial charge in [-0.1, -0.05) is 19.9 Å². The molecule has 4 atom stereocenters. The molecule has 1 aliphatic rings. The molecule has 112 valence electrons. The monoisotopic (exact) mass is 270 g/mol. The lowest BCUT2D eigenvalue weighted by molar-refractivity contribution is -0.0541. The lowest BCUT2D eigenvalue weighted by atomic mass is 9.76. The molecule has 0 aromatic carbocycles. The van der Waals surface area contributed by atoms with Crippen LogP contribution >= 0.6 is 0 Å². The Morgan fingerprint density at radius 1 is 1.47 bits per heavy atom. The lowest BCUT2D eigenvalue weighted by Crippen LogP contribution is -2.40. The molecule has 1 rings (SSSR count). The summed E-state index contributed by atoms with van der Waals surface area (Å²) >= 11 is 0. The van der Waals surface area contributed by atoms with Crippen LogP contribution < -0.4 is 0 Å². The minimum atomic E-state index is -0.745. The first-order valence-electron chi connectivity index (χ1n) is 7.48. The highest BCUT2D eigenvalue weighted by molar-refractivity contribution is 5.03. The zero-order chi connectivity index (χ0) is 14.7. The summed E-state index contributed by atoms with van der Waals surface area (Å²) in [5.74, 6) is 0.269. The van der Waals surface area contributed by atoms with E-state index >= 15 is 0 Å². The van der Waals surface area contributed by atoms with E-state index in [0.717, 1.165) is 31.3 Å². The van der Waals surface area contributed by atoms with Gasteiger partial charge >= 0.3 is 0 Å². The molecule has 0 aliphatic heterocycles. The number of allylic oxidation sites excluding steroid dienone is 1. The van der Waals surface area contributed by atoms with Crippen LogP contribution in [0.15, 0.2) is 11.6 Å². The molecule has 1 fully saturated rings. The molecule has 0 saturated heterocycles. The second-order valence-corrected chi connectivity index (χ2v) is 6.56. The second kappa shape index (κ2) is 6.38. The van der Waals surface area contributed by atoms with E-state index in [2.05, 4.69) is 0 Å². The average Bonchev–Trinajstić information content (AvgIpc) is 2.60. The predicted molar refractivity (Wildman–Crippen MR) is 77.8 cm³/mol. The molecule has 0 heterocycles. The van der Waals surface area contributed by atoms with Gasteiger partial charge in [0.15, 0.2) is 0 Å². The van der Waals surface area contributed by atoms with Gasteiger partial charge in [0, 0.05) is 0 Å². The standard InChI is InChI=1S/C16H30O3/c1-5-13(11-17)7-6-9-16(4,19)14-8-10-15(3,18)12(14)2/h7,12,14,17-19H,5-6,8-11H2,1-4H3/b13-7-/t12-,14+,15+,16+/m0/s1. The van der Waals surface area contributed by atoms with Crippen LogP contribution in [0.4, 0.5) is 0 Å². The first kappa shape index (κ1) is 16.7. The summed E-state index contributed by atoms with van der Waals surface area (Å²) in [7, 11) is 0. The normalized spacial score (nSPS) is 35.4. The summed E-state index contributed by atoms with van der Waals surface area (Å²) in [5.41, 5.74) is -0.364. The van der Waals surface area contributed by atoms with Crippen molar-refractivity contribution in [2.24, 2.45) is 11.8 Å². The fraction of sp³-hybridized carbons (Fsp3) is 0.875. The van der Waals surface area contributed by atoms with E-state index in [4.69, 9.17) is 5.11 Å². The smallest absolute Gasteiger partial charge is 0.0654 e. The average molecular weight is 270 g/mol. The molecule has 0 amide bonds. The van der Waals surface area contributed by atoms with Crippen molar-refractivity contribution in [2.75, 3.05) is 6.61 Å². The molecule has 1 aliphatic carbocycles. The van der Waals surface area contributed by atoms with Crippen molar-refractivity contribution < 1.29 is 15.3 Å². The van der Waals surface area contributed by atoms with E-state index in [1.165, 1.54) is 0 Å². The third-order valence-corrected chi connectivity index (χ3v) is 5.09. The Labute approximate surface area is 117 Å². The molecule has 1 saturated carbocycles. The van der Waals surface area contributed by atoms with Crippen LogP contribution in [0.3, 0.4) is 0 Å². The van der Waals surface area contributed by atoms with E-state index < -0.39 is 11.2 Å². The van der Waals surface area contributed by atoms with E-state index in [-0.39, 0.29) is 18.4 Å². The lowest BCUT2D eigenvalue weighted by Gasteiger charge is -2.35. The number of hydrogen-bond donors (Lipinski definition) is 3. The van der Waals surface area contributed by atoms with Crippen LogP contribution in [0.5, 0.6) is 0 Å². The Hall–Kier alpha value is -0.380. The Morgan fingerprint density at radius 2 is 2.11 bits per heavy atom. The third-order valence-electron chi connectivity index (χ3n) is 5.09. The highest BCUT2D eigenvalue weighted by atomic mass is 16.3. The van der Waals surface area contributed by atoms with Gasteiger partial charge in [-0.15, -0.1) is 0 Å². The summed E-state index contributed by atoms with van der Waals surface area (Å²) in [6, 6.07) is 0. The maximum absolute atomic E-state index is 10.7. The number of hydrogen-bond acceptors (Lipinski definition) is 3. The second-order valence-electron chi connectivity index (χ2n) is 6.56. The van der Waals surface area contributed by atoms with E-state index in [1.54, 1.807) is 0 Å². The van der Waals surface area contributed by atoms with Gasteiger partial charge in [0.05, 0.1) is 17.8 Å². The van der Waals surface area contributed by atoms with Crippen LogP contribution in [0.1, 0.15) is 59.8 Å². The van der Waals surface area contributed by atoms with Crippen LogP contribution in [0.25, 0.3) is 0 Å². The Kier molecular flexibility index (Phi) is 5.60. The quantitative estimate of drug-likeness (QED) is 0.650. The minimum absolute atomic E-state index is 0.104. The van der Waals surface area contributed by atoms with Gasteiger partial charge < -0.3 is 15.3 Å². The van der Waals surface area contributed by atoms with Crippen molar-refractivity contribution in [2.45, 2.75) is 71.0 Å². The third kappa shape index (κ3) is 4.04. The zero-order valence-electron chi connectivity index (χ0n) is 12.8. The predicted octanol–water partition coefficient (Wildman–Crippen LogP) is 2.64. The van der Waals surface area contributed by atoms with Crippen LogP contribution in [0.2, 0.25) is 0 Å². The van der Waals surface area contributed by atoms with Crippen molar-refractivity contribution in [3.05, 3.63) is 11.6 Å². The summed E-state index contributed by atoms with van der Waals surface area (Å²) in [5, 5.41) is 30.0. The van der Waals surface area contributed by atoms with Gasteiger partial charge in [0.25, 0.3) is 0 Å². The number of rotatable bonds is 6. The number of aliphatic hydroxyl groups is 3.